The van der Waals surface area contributed by atoms with Crippen molar-refractivity contribution in [2.45, 2.75) is 71.8 Å². The highest BCUT2D eigenvalue weighted by atomic mass is 16.3. The first-order chi connectivity index (χ1) is 10.2. The van der Waals surface area contributed by atoms with E-state index in [4.69, 9.17) is 0 Å². The lowest BCUT2D eigenvalue weighted by molar-refractivity contribution is -0.176. The molecule has 2 aliphatic rings. The van der Waals surface area contributed by atoms with Gasteiger partial charge in [0.05, 0.1) is 5.60 Å². The molecule has 0 bridgehead atoms. The van der Waals surface area contributed by atoms with E-state index in [9.17, 15) is 10.2 Å². The molecule has 0 aromatic rings. The van der Waals surface area contributed by atoms with Crippen molar-refractivity contribution < 1.29 is 10.2 Å². The van der Waals surface area contributed by atoms with E-state index in [2.05, 4.69) is 33.4 Å². The predicted octanol–water partition coefficient (Wildman–Crippen LogP) is 4.47. The highest BCUT2D eigenvalue weighted by Gasteiger charge is 2.58. The topological polar surface area (TPSA) is 40.5 Å². The Morgan fingerprint density at radius 3 is 2.50 bits per heavy atom. The number of allylic oxidation sites excluding steroid dienone is 3. The van der Waals surface area contributed by atoms with Crippen molar-refractivity contribution in [3.63, 3.8) is 0 Å². The molecule has 1 unspecified atom stereocenters. The molecular formula is C20H34O2. The molecule has 22 heavy (non-hydrogen) atoms. The highest BCUT2D eigenvalue weighted by molar-refractivity contribution is 5.16. The zero-order valence-corrected chi connectivity index (χ0v) is 14.9. The fourth-order valence-electron chi connectivity index (χ4n) is 5.53. The molecule has 0 aliphatic heterocycles. The summed E-state index contributed by atoms with van der Waals surface area (Å²) in [7, 11) is 0. The maximum Gasteiger partial charge on any atom is 0.0656 e. The number of aliphatic hydroxyl groups excluding tert-OH is 1. The first-order valence-corrected chi connectivity index (χ1v) is 8.82. The summed E-state index contributed by atoms with van der Waals surface area (Å²) in [6.07, 6.45) is 10.3. The van der Waals surface area contributed by atoms with Crippen molar-refractivity contribution in [3.05, 3.63) is 24.3 Å². The Morgan fingerprint density at radius 1 is 1.23 bits per heavy atom. The summed E-state index contributed by atoms with van der Waals surface area (Å²) in [4.78, 5) is 0. The second kappa shape index (κ2) is 6.13. The summed E-state index contributed by atoms with van der Waals surface area (Å²) in [5.41, 5.74) is 0.688. The molecule has 126 valence electrons. The first-order valence-electron chi connectivity index (χ1n) is 8.82. The molecule has 0 radical (unpaired) electrons. The predicted molar refractivity (Wildman–Crippen MR) is 92.6 cm³/mol. The average Bonchev–Trinajstić information content (AvgIpc) is 2.45. The quantitative estimate of drug-likeness (QED) is 0.752. The Kier molecular flexibility index (Phi) is 4.94. The van der Waals surface area contributed by atoms with Crippen molar-refractivity contribution >= 4 is 0 Å². The summed E-state index contributed by atoms with van der Waals surface area (Å²) in [5, 5.41) is 21.0. The van der Waals surface area contributed by atoms with Crippen molar-refractivity contribution in [1.82, 2.24) is 0 Å². The van der Waals surface area contributed by atoms with Crippen LogP contribution >= 0.6 is 0 Å². The van der Waals surface area contributed by atoms with Crippen LogP contribution in [0.2, 0.25) is 0 Å². The Labute approximate surface area is 136 Å². The second-order valence-electron chi connectivity index (χ2n) is 8.56. The molecule has 0 heterocycles. The standard InChI is InChI=1S/C20H34O2/c1-6-15(2)8-9-17-19(4)12-7-11-18(3,14-21)16(19)10-13-20(17,5)22/h6,8,16-17,21-22H,1,7,9-14H2,2-5H3/t16-,17+,18?,19-,20+/m0/s1. The summed E-state index contributed by atoms with van der Waals surface area (Å²) >= 11 is 0. The molecule has 5 atom stereocenters. The minimum Gasteiger partial charge on any atom is -0.396 e. The van der Waals surface area contributed by atoms with Gasteiger partial charge in [0, 0.05) is 6.61 Å². The molecule has 0 amide bonds. The summed E-state index contributed by atoms with van der Waals surface area (Å²) in [5.74, 6) is 0.751. The second-order valence-corrected chi connectivity index (χ2v) is 8.56. The summed E-state index contributed by atoms with van der Waals surface area (Å²) in [6.45, 7) is 12.8. The molecule has 2 heteroatoms. The van der Waals surface area contributed by atoms with Crippen LogP contribution in [0.3, 0.4) is 0 Å². The van der Waals surface area contributed by atoms with Crippen molar-refractivity contribution in [3.8, 4) is 0 Å². The molecule has 2 N–H and O–H groups in total. The van der Waals surface area contributed by atoms with Gasteiger partial charge in [-0.1, -0.05) is 44.6 Å². The number of hydrogen-bond donors (Lipinski definition) is 2. The largest absolute Gasteiger partial charge is 0.396 e. The van der Waals surface area contributed by atoms with Gasteiger partial charge < -0.3 is 10.2 Å². The van der Waals surface area contributed by atoms with Gasteiger partial charge in [-0.15, -0.1) is 0 Å². The van der Waals surface area contributed by atoms with Gasteiger partial charge in [-0.05, 0) is 68.6 Å². The number of fused-ring (bicyclic) bond motifs is 1. The number of hydrogen-bond acceptors (Lipinski definition) is 2. The van der Waals surface area contributed by atoms with E-state index in [0.29, 0.717) is 5.92 Å². The van der Waals surface area contributed by atoms with Crippen LogP contribution in [-0.4, -0.2) is 22.4 Å². The summed E-state index contributed by atoms with van der Waals surface area (Å²) < 4.78 is 0. The van der Waals surface area contributed by atoms with Crippen molar-refractivity contribution in [2.24, 2.45) is 22.7 Å². The van der Waals surface area contributed by atoms with Gasteiger partial charge in [0.2, 0.25) is 0 Å². The summed E-state index contributed by atoms with van der Waals surface area (Å²) in [6, 6.07) is 0. The van der Waals surface area contributed by atoms with Crippen LogP contribution in [0.1, 0.15) is 66.2 Å². The van der Waals surface area contributed by atoms with E-state index in [1.165, 1.54) is 5.57 Å². The molecular weight excluding hydrogens is 272 g/mol. The highest BCUT2D eigenvalue weighted by Crippen LogP contribution is 2.62. The molecule has 2 aliphatic carbocycles. The molecule has 2 fully saturated rings. The molecule has 0 aromatic heterocycles. The van der Waals surface area contributed by atoms with Crippen LogP contribution in [0.5, 0.6) is 0 Å². The van der Waals surface area contributed by atoms with Gasteiger partial charge in [0.25, 0.3) is 0 Å². The fourth-order valence-corrected chi connectivity index (χ4v) is 5.53. The minimum atomic E-state index is -0.614. The lowest BCUT2D eigenvalue weighted by Crippen LogP contribution is -2.58. The fraction of sp³-hybridized carbons (Fsp3) is 0.800. The maximum absolute atomic E-state index is 11.0. The van der Waals surface area contributed by atoms with E-state index in [1.54, 1.807) is 0 Å². The zero-order valence-electron chi connectivity index (χ0n) is 14.9. The normalized spacial score (nSPS) is 46.2. The Bertz CT molecular complexity index is 451. The van der Waals surface area contributed by atoms with Gasteiger partial charge in [0.15, 0.2) is 0 Å². The molecule has 2 saturated carbocycles. The van der Waals surface area contributed by atoms with Crippen LogP contribution in [-0.2, 0) is 0 Å². The van der Waals surface area contributed by atoms with E-state index in [-0.39, 0.29) is 23.4 Å². The third kappa shape index (κ3) is 2.92. The molecule has 2 nitrogen and oxygen atoms in total. The Balaban J connectivity index is 2.36. The van der Waals surface area contributed by atoms with Crippen molar-refractivity contribution in [1.29, 1.82) is 0 Å². The van der Waals surface area contributed by atoms with Crippen LogP contribution in [0.4, 0.5) is 0 Å². The zero-order chi connectivity index (χ0) is 16.6. The third-order valence-electron chi connectivity index (χ3n) is 6.95. The van der Waals surface area contributed by atoms with Crippen molar-refractivity contribution in [2.75, 3.05) is 6.61 Å². The maximum atomic E-state index is 11.0. The lowest BCUT2D eigenvalue weighted by atomic mass is 9.45. The molecule has 0 saturated heterocycles. The molecule has 0 spiro atoms. The van der Waals surface area contributed by atoms with E-state index < -0.39 is 5.60 Å². The van der Waals surface area contributed by atoms with E-state index in [1.807, 2.05) is 13.0 Å². The number of aliphatic hydroxyl groups is 2. The van der Waals surface area contributed by atoms with Gasteiger partial charge >= 0.3 is 0 Å². The minimum absolute atomic E-state index is 0.0128. The lowest BCUT2D eigenvalue weighted by Gasteiger charge is -2.61. The van der Waals surface area contributed by atoms with E-state index in [0.717, 1.165) is 38.5 Å². The average molecular weight is 306 g/mol. The monoisotopic (exact) mass is 306 g/mol. The number of rotatable bonds is 4. The Hall–Kier alpha value is -0.600. The Morgan fingerprint density at radius 2 is 1.91 bits per heavy atom. The van der Waals surface area contributed by atoms with Gasteiger partial charge in [0.1, 0.15) is 0 Å². The van der Waals surface area contributed by atoms with Crippen LogP contribution in [0.15, 0.2) is 24.3 Å². The van der Waals surface area contributed by atoms with Crippen LogP contribution < -0.4 is 0 Å². The SMILES string of the molecule is C=CC(C)=CC[C@@H]1[C@@]2(C)CCCC(C)(CO)[C@@H]2CC[C@@]1(C)O. The van der Waals surface area contributed by atoms with Crippen LogP contribution in [0.25, 0.3) is 0 Å². The first kappa shape index (κ1) is 17.7. The third-order valence-corrected chi connectivity index (χ3v) is 6.95. The van der Waals surface area contributed by atoms with Gasteiger partial charge in [-0.25, -0.2) is 0 Å². The van der Waals surface area contributed by atoms with Gasteiger partial charge in [-0.3, -0.25) is 0 Å². The molecule has 2 rings (SSSR count). The van der Waals surface area contributed by atoms with Gasteiger partial charge in [-0.2, -0.15) is 0 Å². The molecule has 0 aromatic carbocycles. The van der Waals surface area contributed by atoms with Crippen LogP contribution in [0, 0.1) is 22.7 Å². The van der Waals surface area contributed by atoms with E-state index >= 15 is 0 Å². The smallest absolute Gasteiger partial charge is 0.0656 e.